The summed E-state index contributed by atoms with van der Waals surface area (Å²) in [6.45, 7) is 1.83. The molecule has 156 valence electrons. The number of nitrogens with zero attached hydrogens (tertiary/aromatic N) is 3. The van der Waals surface area contributed by atoms with Crippen LogP contribution in [0.5, 0.6) is 5.75 Å². The van der Waals surface area contributed by atoms with Crippen LogP contribution in [0.2, 0.25) is 0 Å². The van der Waals surface area contributed by atoms with Crippen LogP contribution in [0.3, 0.4) is 0 Å². The highest BCUT2D eigenvalue weighted by molar-refractivity contribution is 7.80. The van der Waals surface area contributed by atoms with Crippen molar-refractivity contribution in [2.75, 3.05) is 27.4 Å². The number of thiocarbonyl (C=S) groups is 1. The van der Waals surface area contributed by atoms with Crippen LogP contribution in [0.15, 0.2) is 65.9 Å². The summed E-state index contributed by atoms with van der Waals surface area (Å²) in [6.07, 6.45) is 3.67. The second-order valence-corrected chi connectivity index (χ2v) is 6.84. The van der Waals surface area contributed by atoms with Crippen molar-refractivity contribution in [3.63, 3.8) is 0 Å². The van der Waals surface area contributed by atoms with Gasteiger partial charge in [0.2, 0.25) is 0 Å². The number of rotatable bonds is 9. The highest BCUT2D eigenvalue weighted by atomic mass is 32.1. The van der Waals surface area contributed by atoms with Crippen molar-refractivity contribution in [3.05, 3.63) is 71.9 Å². The van der Waals surface area contributed by atoms with E-state index in [2.05, 4.69) is 28.0 Å². The van der Waals surface area contributed by atoms with Gasteiger partial charge >= 0.3 is 0 Å². The molecule has 0 saturated heterocycles. The summed E-state index contributed by atoms with van der Waals surface area (Å²) in [5.41, 5.74) is 6.52. The molecule has 3 aromatic rings. The number of hydrogen-bond donors (Lipinski definition) is 2. The Morgan fingerprint density at radius 1 is 1.13 bits per heavy atom. The first kappa shape index (κ1) is 21.5. The minimum atomic E-state index is 0.429. The molecule has 3 rings (SSSR count). The van der Waals surface area contributed by atoms with E-state index in [-0.39, 0.29) is 0 Å². The van der Waals surface area contributed by atoms with Gasteiger partial charge in [0.15, 0.2) is 5.11 Å². The zero-order valence-corrected chi connectivity index (χ0v) is 17.9. The smallest absolute Gasteiger partial charge is 0.187 e. The van der Waals surface area contributed by atoms with Crippen LogP contribution in [0.25, 0.3) is 11.3 Å². The lowest BCUT2D eigenvalue weighted by Crippen LogP contribution is -2.34. The van der Waals surface area contributed by atoms with Gasteiger partial charge in [-0.2, -0.15) is 10.2 Å². The fraction of sp³-hybridized carbons (Fsp3) is 0.227. The van der Waals surface area contributed by atoms with E-state index < -0.39 is 0 Å². The Morgan fingerprint density at radius 2 is 1.90 bits per heavy atom. The van der Waals surface area contributed by atoms with Gasteiger partial charge < -0.3 is 14.8 Å². The SMILES string of the molecule is COCCNC(=S)N/N=C\c1cn(Cc2ccccc2)nc1-c1ccccc1OC. The zero-order chi connectivity index (χ0) is 21.2. The number of hydrogen-bond acceptors (Lipinski definition) is 5. The average Bonchev–Trinajstić information content (AvgIpc) is 3.16. The minimum absolute atomic E-state index is 0.429. The first-order chi connectivity index (χ1) is 14.7. The molecule has 7 nitrogen and oxygen atoms in total. The van der Waals surface area contributed by atoms with Gasteiger partial charge in [0, 0.05) is 31.0 Å². The Morgan fingerprint density at radius 3 is 2.67 bits per heavy atom. The highest BCUT2D eigenvalue weighted by Crippen LogP contribution is 2.30. The molecule has 2 N–H and O–H groups in total. The van der Waals surface area contributed by atoms with E-state index in [0.717, 1.165) is 28.1 Å². The maximum atomic E-state index is 5.53. The molecule has 2 aromatic carbocycles. The number of nitrogens with one attached hydrogen (secondary N) is 2. The van der Waals surface area contributed by atoms with Crippen molar-refractivity contribution in [2.24, 2.45) is 5.10 Å². The Bertz CT molecular complexity index is 988. The molecule has 0 radical (unpaired) electrons. The monoisotopic (exact) mass is 423 g/mol. The topological polar surface area (TPSA) is 72.7 Å². The number of hydrazone groups is 1. The molecular formula is C22H25N5O2S. The van der Waals surface area contributed by atoms with Crippen LogP contribution >= 0.6 is 12.2 Å². The Kier molecular flexibility index (Phi) is 7.94. The van der Waals surface area contributed by atoms with Crippen molar-refractivity contribution in [3.8, 4) is 17.0 Å². The molecule has 0 aliphatic heterocycles. The maximum absolute atomic E-state index is 5.53. The summed E-state index contributed by atoms with van der Waals surface area (Å²) in [5, 5.41) is 12.5. The van der Waals surface area contributed by atoms with Crippen LogP contribution in [0.1, 0.15) is 11.1 Å². The standard InChI is InChI=1S/C22H25N5O2S/c1-28-13-12-23-22(30)25-24-14-18-16-27(15-17-8-4-3-5-9-17)26-21(18)19-10-6-7-11-20(19)29-2/h3-11,14,16H,12-13,15H2,1-2H3,(H2,23,25,30)/b24-14-. The summed E-state index contributed by atoms with van der Waals surface area (Å²) < 4.78 is 12.4. The van der Waals surface area contributed by atoms with E-state index in [9.17, 15) is 0 Å². The largest absolute Gasteiger partial charge is 0.496 e. The van der Waals surface area contributed by atoms with E-state index in [0.29, 0.717) is 24.8 Å². The summed E-state index contributed by atoms with van der Waals surface area (Å²) >= 11 is 5.21. The van der Waals surface area contributed by atoms with Crippen LogP contribution in [-0.2, 0) is 11.3 Å². The molecule has 0 aliphatic rings. The number of para-hydroxylation sites is 1. The molecule has 0 amide bonds. The van der Waals surface area contributed by atoms with E-state index in [1.807, 2.05) is 53.3 Å². The molecule has 0 atom stereocenters. The summed E-state index contributed by atoms with van der Waals surface area (Å²) in [4.78, 5) is 0. The van der Waals surface area contributed by atoms with Gasteiger partial charge in [0.05, 0.1) is 26.5 Å². The first-order valence-electron chi connectivity index (χ1n) is 9.52. The predicted molar refractivity (Wildman–Crippen MR) is 123 cm³/mol. The quantitative estimate of drug-likeness (QED) is 0.239. The number of benzene rings is 2. The summed E-state index contributed by atoms with van der Waals surface area (Å²) in [5.74, 6) is 0.752. The fourth-order valence-corrected chi connectivity index (χ4v) is 3.05. The summed E-state index contributed by atoms with van der Waals surface area (Å²) in [7, 11) is 3.29. The van der Waals surface area contributed by atoms with E-state index in [1.165, 1.54) is 0 Å². The van der Waals surface area contributed by atoms with Gasteiger partial charge in [-0.3, -0.25) is 10.1 Å². The molecule has 0 bridgehead atoms. The van der Waals surface area contributed by atoms with E-state index in [1.54, 1.807) is 20.4 Å². The van der Waals surface area contributed by atoms with Crippen LogP contribution in [0.4, 0.5) is 0 Å². The molecule has 0 aliphatic carbocycles. The summed E-state index contributed by atoms with van der Waals surface area (Å²) in [6, 6.07) is 18.0. The van der Waals surface area contributed by atoms with Crippen LogP contribution in [-0.4, -0.2) is 48.5 Å². The lowest BCUT2D eigenvalue weighted by atomic mass is 10.1. The lowest BCUT2D eigenvalue weighted by Gasteiger charge is -2.07. The van der Waals surface area contributed by atoms with Gasteiger partial charge in [0.25, 0.3) is 0 Å². The number of methoxy groups -OCH3 is 2. The minimum Gasteiger partial charge on any atom is -0.496 e. The van der Waals surface area contributed by atoms with Crippen molar-refractivity contribution < 1.29 is 9.47 Å². The third-order valence-corrected chi connectivity index (χ3v) is 4.54. The molecule has 0 spiro atoms. The molecule has 8 heteroatoms. The van der Waals surface area contributed by atoms with Gasteiger partial charge in [-0.1, -0.05) is 42.5 Å². The molecular weight excluding hydrogens is 398 g/mol. The first-order valence-corrected chi connectivity index (χ1v) is 9.92. The van der Waals surface area contributed by atoms with Gasteiger partial charge in [-0.05, 0) is 29.9 Å². The van der Waals surface area contributed by atoms with Crippen molar-refractivity contribution in [1.29, 1.82) is 0 Å². The Labute approximate surface area is 181 Å². The van der Waals surface area contributed by atoms with Crippen LogP contribution in [0, 0.1) is 0 Å². The molecule has 1 heterocycles. The highest BCUT2D eigenvalue weighted by Gasteiger charge is 2.14. The van der Waals surface area contributed by atoms with Gasteiger partial charge in [-0.25, -0.2) is 0 Å². The second kappa shape index (κ2) is 11.1. The third kappa shape index (κ3) is 5.88. The van der Waals surface area contributed by atoms with E-state index >= 15 is 0 Å². The molecule has 30 heavy (non-hydrogen) atoms. The normalized spacial score (nSPS) is 10.9. The van der Waals surface area contributed by atoms with Crippen molar-refractivity contribution in [1.82, 2.24) is 20.5 Å². The molecule has 0 fully saturated rings. The molecule has 0 unspecified atom stereocenters. The van der Waals surface area contributed by atoms with Gasteiger partial charge in [-0.15, -0.1) is 0 Å². The zero-order valence-electron chi connectivity index (χ0n) is 17.0. The number of aromatic nitrogens is 2. The Hall–Kier alpha value is -3.23. The number of ether oxygens (including phenoxy) is 2. The predicted octanol–water partition coefficient (Wildman–Crippen LogP) is 3.05. The average molecular weight is 424 g/mol. The fourth-order valence-electron chi connectivity index (χ4n) is 2.90. The van der Waals surface area contributed by atoms with Crippen LogP contribution < -0.4 is 15.5 Å². The third-order valence-electron chi connectivity index (χ3n) is 4.30. The van der Waals surface area contributed by atoms with Crippen molar-refractivity contribution in [2.45, 2.75) is 6.54 Å². The molecule has 1 aromatic heterocycles. The van der Waals surface area contributed by atoms with E-state index in [4.69, 9.17) is 26.8 Å². The molecule has 0 saturated carbocycles. The maximum Gasteiger partial charge on any atom is 0.187 e. The Balaban J connectivity index is 1.84. The van der Waals surface area contributed by atoms with Crippen molar-refractivity contribution >= 4 is 23.5 Å². The second-order valence-electron chi connectivity index (χ2n) is 6.44. The van der Waals surface area contributed by atoms with Gasteiger partial charge in [0.1, 0.15) is 11.4 Å². The lowest BCUT2D eigenvalue weighted by molar-refractivity contribution is 0.204.